The van der Waals surface area contributed by atoms with Crippen LogP contribution in [0.5, 0.6) is 5.75 Å². The fourth-order valence-electron chi connectivity index (χ4n) is 1.42. The topological polar surface area (TPSA) is 50.4 Å². The maximum atomic E-state index is 11.4. The maximum Gasteiger partial charge on any atom is 0.273 e. The van der Waals surface area contributed by atoms with E-state index in [9.17, 15) is 4.79 Å². The minimum atomic E-state index is -0.248. The van der Waals surface area contributed by atoms with Gasteiger partial charge in [-0.25, -0.2) is 0 Å². The van der Waals surface area contributed by atoms with Crippen LogP contribution in [-0.2, 0) is 4.79 Å². The van der Waals surface area contributed by atoms with E-state index >= 15 is 0 Å². The molecule has 1 aromatic rings. The van der Waals surface area contributed by atoms with Crippen molar-refractivity contribution in [2.75, 3.05) is 7.11 Å². The molecule has 4 nitrogen and oxygen atoms in total. The van der Waals surface area contributed by atoms with E-state index in [4.69, 9.17) is 28.6 Å². The molecule has 6 heteroatoms. The Kier molecular flexibility index (Phi) is 3.31. The Morgan fingerprint density at radius 1 is 1.41 bits per heavy atom. The lowest BCUT2D eigenvalue weighted by molar-refractivity contribution is -0.115. The highest BCUT2D eigenvalue weighted by atomic mass is 35.5. The van der Waals surface area contributed by atoms with Crippen molar-refractivity contribution in [2.24, 2.45) is 0 Å². The molecule has 0 aromatic heterocycles. The van der Waals surface area contributed by atoms with Gasteiger partial charge < -0.3 is 10.1 Å². The van der Waals surface area contributed by atoms with Gasteiger partial charge in [0.2, 0.25) is 0 Å². The smallest absolute Gasteiger partial charge is 0.273 e. The molecule has 1 aromatic carbocycles. The number of carbonyl (C=O) groups excluding carboxylic acids is 1. The highest BCUT2D eigenvalue weighted by molar-refractivity contribution is 7.80. The fourth-order valence-corrected chi connectivity index (χ4v) is 1.89. The van der Waals surface area contributed by atoms with Gasteiger partial charge in [-0.1, -0.05) is 17.7 Å². The minimum Gasteiger partial charge on any atom is -0.495 e. The summed E-state index contributed by atoms with van der Waals surface area (Å²) in [6, 6.07) is 5.25. The summed E-state index contributed by atoms with van der Waals surface area (Å²) in [5.74, 6) is 0.343. The summed E-state index contributed by atoms with van der Waals surface area (Å²) in [7, 11) is 1.55. The lowest BCUT2D eigenvalue weighted by Gasteiger charge is -2.03. The van der Waals surface area contributed by atoms with Gasteiger partial charge in [0.1, 0.15) is 11.4 Å². The van der Waals surface area contributed by atoms with Gasteiger partial charge in [0.15, 0.2) is 5.11 Å². The van der Waals surface area contributed by atoms with Gasteiger partial charge in [-0.15, -0.1) is 0 Å². The normalized spacial score (nSPS) is 16.9. The number of thiocarbonyl (C=S) groups is 1. The number of methoxy groups -OCH3 is 1. The lowest BCUT2D eigenvalue weighted by atomic mass is 10.2. The highest BCUT2D eigenvalue weighted by Crippen LogP contribution is 2.25. The number of halogens is 1. The van der Waals surface area contributed by atoms with E-state index in [-0.39, 0.29) is 5.91 Å². The van der Waals surface area contributed by atoms with Crippen LogP contribution in [0.3, 0.4) is 0 Å². The second-order valence-corrected chi connectivity index (χ2v) is 4.18. The van der Waals surface area contributed by atoms with Gasteiger partial charge in [0.05, 0.1) is 12.1 Å². The van der Waals surface area contributed by atoms with Gasteiger partial charge >= 0.3 is 0 Å². The van der Waals surface area contributed by atoms with Crippen molar-refractivity contribution < 1.29 is 9.53 Å². The van der Waals surface area contributed by atoms with E-state index in [0.29, 0.717) is 21.6 Å². The first-order valence-electron chi connectivity index (χ1n) is 4.77. The summed E-state index contributed by atoms with van der Waals surface area (Å²) in [6.45, 7) is 0. The number of amides is 1. The molecular formula is C11H9ClN2O2S. The van der Waals surface area contributed by atoms with Crippen molar-refractivity contribution in [1.82, 2.24) is 10.6 Å². The van der Waals surface area contributed by atoms with Crippen LogP contribution in [0.1, 0.15) is 5.56 Å². The molecule has 1 aliphatic heterocycles. The standard InChI is InChI=1S/C11H9ClN2O2S/c1-16-9-3-2-6(4-7(9)12)5-8-10(15)14-11(17)13-8/h2-5H,1H3,(H2,13,14,15,17)/b8-5-. The molecule has 0 aliphatic carbocycles. The molecule has 1 heterocycles. The highest BCUT2D eigenvalue weighted by Gasteiger charge is 2.19. The Morgan fingerprint density at radius 2 is 2.18 bits per heavy atom. The predicted molar refractivity (Wildman–Crippen MR) is 69.9 cm³/mol. The fraction of sp³-hybridized carbons (Fsp3) is 0.0909. The van der Waals surface area contributed by atoms with Gasteiger partial charge in [-0.2, -0.15) is 0 Å². The molecule has 0 saturated carbocycles. The molecule has 1 saturated heterocycles. The molecule has 0 unspecified atom stereocenters. The van der Waals surface area contributed by atoms with Gasteiger partial charge in [0, 0.05) is 0 Å². The minimum absolute atomic E-state index is 0.248. The Labute approximate surface area is 109 Å². The first-order valence-corrected chi connectivity index (χ1v) is 5.56. The van der Waals surface area contributed by atoms with E-state index in [1.165, 1.54) is 0 Å². The molecule has 1 amide bonds. The van der Waals surface area contributed by atoms with Crippen molar-refractivity contribution in [3.05, 3.63) is 34.5 Å². The zero-order valence-electron chi connectivity index (χ0n) is 8.91. The molecule has 1 fully saturated rings. The maximum absolute atomic E-state index is 11.4. The average molecular weight is 269 g/mol. The third-order valence-corrected chi connectivity index (χ3v) is 2.71. The zero-order chi connectivity index (χ0) is 12.4. The van der Waals surface area contributed by atoms with Gasteiger partial charge in [0.25, 0.3) is 5.91 Å². The quantitative estimate of drug-likeness (QED) is 0.633. The Balaban J connectivity index is 2.30. The molecule has 0 radical (unpaired) electrons. The monoisotopic (exact) mass is 268 g/mol. The number of hydrogen-bond donors (Lipinski definition) is 2. The number of rotatable bonds is 2. The summed E-state index contributed by atoms with van der Waals surface area (Å²) < 4.78 is 5.04. The van der Waals surface area contributed by atoms with Gasteiger partial charge in [-0.3, -0.25) is 10.1 Å². The molecule has 88 valence electrons. The number of hydrogen-bond acceptors (Lipinski definition) is 3. The Hall–Kier alpha value is -1.59. The molecular weight excluding hydrogens is 260 g/mol. The molecule has 0 atom stereocenters. The Morgan fingerprint density at radius 3 is 2.71 bits per heavy atom. The largest absolute Gasteiger partial charge is 0.495 e. The van der Waals surface area contributed by atoms with Crippen LogP contribution in [-0.4, -0.2) is 18.1 Å². The summed E-state index contributed by atoms with van der Waals surface area (Å²) in [5, 5.41) is 6.03. The van der Waals surface area contributed by atoms with Crippen molar-refractivity contribution in [1.29, 1.82) is 0 Å². The van der Waals surface area contributed by atoms with Crippen LogP contribution in [0.2, 0.25) is 5.02 Å². The molecule has 2 N–H and O–H groups in total. The van der Waals surface area contributed by atoms with Crippen LogP contribution < -0.4 is 15.4 Å². The number of ether oxygens (including phenoxy) is 1. The third-order valence-electron chi connectivity index (χ3n) is 2.21. The van der Waals surface area contributed by atoms with Crippen LogP contribution in [0, 0.1) is 0 Å². The van der Waals surface area contributed by atoms with E-state index < -0.39 is 0 Å². The second kappa shape index (κ2) is 4.73. The SMILES string of the molecule is COc1ccc(/C=C2\NC(=S)NC2=O)cc1Cl. The van der Waals surface area contributed by atoms with E-state index in [1.807, 2.05) is 0 Å². The molecule has 0 bridgehead atoms. The molecule has 2 rings (SSSR count). The van der Waals surface area contributed by atoms with E-state index in [2.05, 4.69) is 10.6 Å². The third kappa shape index (κ3) is 2.57. The summed E-state index contributed by atoms with van der Waals surface area (Å²) >= 11 is 10.8. The summed E-state index contributed by atoms with van der Waals surface area (Å²) in [4.78, 5) is 11.4. The lowest BCUT2D eigenvalue weighted by Crippen LogP contribution is -2.21. The first kappa shape index (κ1) is 11.9. The molecule has 1 aliphatic rings. The zero-order valence-corrected chi connectivity index (χ0v) is 10.5. The summed E-state index contributed by atoms with van der Waals surface area (Å²) in [6.07, 6.45) is 1.67. The van der Waals surface area contributed by atoms with Gasteiger partial charge in [-0.05, 0) is 36.0 Å². The second-order valence-electron chi connectivity index (χ2n) is 3.36. The molecule has 17 heavy (non-hydrogen) atoms. The average Bonchev–Trinajstić information content (AvgIpc) is 2.58. The van der Waals surface area contributed by atoms with E-state index in [1.54, 1.807) is 31.4 Å². The van der Waals surface area contributed by atoms with E-state index in [0.717, 1.165) is 5.56 Å². The first-order chi connectivity index (χ1) is 8.10. The van der Waals surface area contributed by atoms with Crippen LogP contribution in [0.25, 0.3) is 6.08 Å². The van der Waals surface area contributed by atoms with Crippen molar-refractivity contribution >= 4 is 40.9 Å². The van der Waals surface area contributed by atoms with Crippen molar-refractivity contribution in [2.45, 2.75) is 0 Å². The van der Waals surface area contributed by atoms with Crippen LogP contribution in [0.15, 0.2) is 23.9 Å². The van der Waals surface area contributed by atoms with Crippen LogP contribution >= 0.6 is 23.8 Å². The Bertz CT molecular complexity index is 528. The number of nitrogens with one attached hydrogen (secondary N) is 2. The predicted octanol–water partition coefficient (Wildman–Crippen LogP) is 1.69. The molecule has 0 spiro atoms. The number of benzene rings is 1. The van der Waals surface area contributed by atoms with Crippen LogP contribution in [0.4, 0.5) is 0 Å². The summed E-state index contributed by atoms with van der Waals surface area (Å²) in [5.41, 5.74) is 1.19. The van der Waals surface area contributed by atoms with Crippen molar-refractivity contribution in [3.8, 4) is 5.75 Å². The van der Waals surface area contributed by atoms with Crippen molar-refractivity contribution in [3.63, 3.8) is 0 Å². The number of carbonyl (C=O) groups is 1.